The summed E-state index contributed by atoms with van der Waals surface area (Å²) in [5.74, 6) is -0.112. The third-order valence-electron chi connectivity index (χ3n) is 2.12. The van der Waals surface area contributed by atoms with E-state index in [0.717, 1.165) is 11.5 Å². The number of aromatic nitrogens is 1. The largest absolute Gasteiger partial charge is 0.478 e. The second-order valence-electron chi connectivity index (χ2n) is 3.45. The first-order valence-electron chi connectivity index (χ1n) is 5.18. The molecule has 0 saturated heterocycles. The number of aliphatic carboxylic acids is 1. The van der Waals surface area contributed by atoms with Crippen LogP contribution in [-0.2, 0) is 11.3 Å². The van der Waals surface area contributed by atoms with Crippen LogP contribution in [-0.4, -0.2) is 22.8 Å². The monoisotopic (exact) mass is 224 g/mol. The molecule has 1 aromatic heterocycles. The van der Waals surface area contributed by atoms with E-state index in [1.54, 1.807) is 6.08 Å². The number of hydrogen-bond acceptors (Lipinski definition) is 4. The van der Waals surface area contributed by atoms with Gasteiger partial charge >= 0.3 is 5.97 Å². The van der Waals surface area contributed by atoms with Crippen LogP contribution in [0, 0.1) is 6.92 Å². The van der Waals surface area contributed by atoms with Crippen LogP contribution < -0.4 is 5.32 Å². The maximum absolute atomic E-state index is 10.7. The van der Waals surface area contributed by atoms with E-state index in [1.165, 1.54) is 0 Å². The molecule has 2 N–H and O–H groups in total. The molecule has 0 unspecified atom stereocenters. The minimum absolute atomic E-state index is 0.418. The minimum Gasteiger partial charge on any atom is -0.478 e. The highest BCUT2D eigenvalue weighted by Crippen LogP contribution is 2.02. The number of hydrogen-bond donors (Lipinski definition) is 2. The van der Waals surface area contributed by atoms with E-state index < -0.39 is 5.97 Å². The Morgan fingerprint density at radius 1 is 1.69 bits per heavy atom. The predicted molar refractivity (Wildman–Crippen MR) is 59.0 cm³/mol. The molecule has 0 aromatic carbocycles. The van der Waals surface area contributed by atoms with E-state index in [4.69, 9.17) is 9.63 Å². The summed E-state index contributed by atoms with van der Waals surface area (Å²) < 4.78 is 5.00. The fourth-order valence-corrected chi connectivity index (χ4v) is 1.27. The minimum atomic E-state index is -0.861. The standard InChI is InChI=1S/C11H16N2O3/c1-3-9(11(14)15)4-5-12-7-10-6-8(2)13-16-10/h4,6,12H,3,5,7H2,1-2H3,(H,14,15). The number of rotatable bonds is 6. The molecule has 16 heavy (non-hydrogen) atoms. The van der Waals surface area contributed by atoms with Crippen molar-refractivity contribution in [1.82, 2.24) is 10.5 Å². The van der Waals surface area contributed by atoms with Gasteiger partial charge in [0.2, 0.25) is 0 Å². The van der Waals surface area contributed by atoms with Crippen molar-refractivity contribution >= 4 is 5.97 Å². The van der Waals surface area contributed by atoms with E-state index >= 15 is 0 Å². The van der Waals surface area contributed by atoms with Gasteiger partial charge in [0.25, 0.3) is 0 Å². The Kier molecular flexibility index (Phi) is 4.72. The van der Waals surface area contributed by atoms with Gasteiger partial charge in [-0.25, -0.2) is 4.79 Å². The third-order valence-corrected chi connectivity index (χ3v) is 2.12. The average Bonchev–Trinajstić information content (AvgIpc) is 2.64. The summed E-state index contributed by atoms with van der Waals surface area (Å²) in [7, 11) is 0. The molecule has 0 spiro atoms. The zero-order valence-electron chi connectivity index (χ0n) is 9.49. The molecular formula is C11H16N2O3. The first-order chi connectivity index (χ1) is 7.63. The Balaban J connectivity index is 2.33. The molecule has 5 nitrogen and oxygen atoms in total. The van der Waals surface area contributed by atoms with E-state index in [0.29, 0.717) is 25.1 Å². The lowest BCUT2D eigenvalue weighted by Gasteiger charge is -1.99. The number of carboxylic acid groups (broad SMARTS) is 1. The number of carboxylic acids is 1. The van der Waals surface area contributed by atoms with Crippen LogP contribution >= 0.6 is 0 Å². The van der Waals surface area contributed by atoms with Gasteiger partial charge in [-0.1, -0.05) is 18.2 Å². The summed E-state index contributed by atoms with van der Waals surface area (Å²) in [6, 6.07) is 1.84. The smallest absolute Gasteiger partial charge is 0.331 e. The Morgan fingerprint density at radius 3 is 2.94 bits per heavy atom. The van der Waals surface area contributed by atoms with E-state index in [2.05, 4.69) is 10.5 Å². The molecule has 0 aliphatic heterocycles. The lowest BCUT2D eigenvalue weighted by atomic mass is 10.2. The van der Waals surface area contributed by atoms with Gasteiger partial charge in [-0.15, -0.1) is 0 Å². The van der Waals surface area contributed by atoms with E-state index in [9.17, 15) is 4.79 Å². The highest BCUT2D eigenvalue weighted by molar-refractivity contribution is 5.86. The molecule has 0 bridgehead atoms. The number of nitrogens with one attached hydrogen (secondary N) is 1. The second-order valence-corrected chi connectivity index (χ2v) is 3.45. The summed E-state index contributed by atoms with van der Waals surface area (Å²) in [5, 5.41) is 15.6. The average molecular weight is 224 g/mol. The van der Waals surface area contributed by atoms with Gasteiger partial charge in [-0.2, -0.15) is 0 Å². The first-order valence-corrected chi connectivity index (χ1v) is 5.18. The van der Waals surface area contributed by atoms with Gasteiger partial charge in [-0.3, -0.25) is 0 Å². The van der Waals surface area contributed by atoms with Crippen LogP contribution in [0.2, 0.25) is 0 Å². The quantitative estimate of drug-likeness (QED) is 0.565. The van der Waals surface area contributed by atoms with Crippen molar-refractivity contribution in [3.63, 3.8) is 0 Å². The lowest BCUT2D eigenvalue weighted by molar-refractivity contribution is -0.132. The fraction of sp³-hybridized carbons (Fsp3) is 0.455. The fourth-order valence-electron chi connectivity index (χ4n) is 1.27. The predicted octanol–water partition coefficient (Wildman–Crippen LogP) is 1.49. The molecule has 0 fully saturated rings. The molecule has 0 saturated carbocycles. The zero-order valence-corrected chi connectivity index (χ0v) is 9.49. The van der Waals surface area contributed by atoms with Crippen molar-refractivity contribution < 1.29 is 14.4 Å². The number of carbonyl (C=O) groups is 1. The molecule has 0 radical (unpaired) electrons. The summed E-state index contributed by atoms with van der Waals surface area (Å²) >= 11 is 0. The zero-order chi connectivity index (χ0) is 12.0. The topological polar surface area (TPSA) is 75.4 Å². The van der Waals surface area contributed by atoms with Crippen LogP contribution in [0.25, 0.3) is 0 Å². The molecule has 5 heteroatoms. The molecule has 88 valence electrons. The van der Waals surface area contributed by atoms with Crippen molar-refractivity contribution in [2.45, 2.75) is 26.8 Å². The normalized spacial score (nSPS) is 11.8. The van der Waals surface area contributed by atoms with Gasteiger partial charge < -0.3 is 14.9 Å². The van der Waals surface area contributed by atoms with Crippen LogP contribution in [0.4, 0.5) is 0 Å². The lowest BCUT2D eigenvalue weighted by Crippen LogP contribution is -2.14. The van der Waals surface area contributed by atoms with Gasteiger partial charge in [-0.05, 0) is 13.3 Å². The SMILES string of the molecule is CCC(=CCNCc1cc(C)no1)C(=O)O. The summed E-state index contributed by atoms with van der Waals surface area (Å²) in [5.41, 5.74) is 1.26. The highest BCUT2D eigenvalue weighted by atomic mass is 16.5. The molecule has 1 aromatic rings. The van der Waals surface area contributed by atoms with Crippen LogP contribution in [0.3, 0.4) is 0 Å². The van der Waals surface area contributed by atoms with Gasteiger partial charge in [0.05, 0.1) is 12.2 Å². The number of aryl methyl sites for hydroxylation is 1. The van der Waals surface area contributed by atoms with Crippen molar-refractivity contribution in [3.8, 4) is 0 Å². The van der Waals surface area contributed by atoms with Gasteiger partial charge in [0, 0.05) is 18.2 Å². The summed E-state index contributed by atoms with van der Waals surface area (Å²) in [6.07, 6.45) is 2.20. The van der Waals surface area contributed by atoms with Crippen molar-refractivity contribution in [3.05, 3.63) is 29.2 Å². The highest BCUT2D eigenvalue weighted by Gasteiger charge is 2.03. The summed E-state index contributed by atoms with van der Waals surface area (Å²) in [4.78, 5) is 10.7. The van der Waals surface area contributed by atoms with Crippen LogP contribution in [0.5, 0.6) is 0 Å². The maximum atomic E-state index is 10.7. The maximum Gasteiger partial charge on any atom is 0.331 e. The molecule has 0 aliphatic rings. The third kappa shape index (κ3) is 3.86. The molecular weight excluding hydrogens is 208 g/mol. The van der Waals surface area contributed by atoms with Crippen LogP contribution in [0.15, 0.2) is 22.2 Å². The van der Waals surface area contributed by atoms with Crippen molar-refractivity contribution in [2.75, 3.05) is 6.54 Å². The Hall–Kier alpha value is -1.62. The second kappa shape index (κ2) is 6.07. The Labute approximate surface area is 94.1 Å². The van der Waals surface area contributed by atoms with Crippen LogP contribution in [0.1, 0.15) is 24.8 Å². The molecule has 0 amide bonds. The van der Waals surface area contributed by atoms with E-state index in [1.807, 2.05) is 19.9 Å². The van der Waals surface area contributed by atoms with Gasteiger partial charge in [0.15, 0.2) is 5.76 Å². The van der Waals surface area contributed by atoms with Gasteiger partial charge in [0.1, 0.15) is 0 Å². The molecule has 1 heterocycles. The Bertz CT molecular complexity index is 382. The van der Waals surface area contributed by atoms with E-state index in [-0.39, 0.29) is 0 Å². The first kappa shape index (κ1) is 12.4. The Morgan fingerprint density at radius 2 is 2.44 bits per heavy atom. The molecule has 0 aliphatic carbocycles. The molecule has 1 rings (SSSR count). The van der Waals surface area contributed by atoms with Crippen molar-refractivity contribution in [1.29, 1.82) is 0 Å². The van der Waals surface area contributed by atoms with Crippen molar-refractivity contribution in [2.24, 2.45) is 0 Å². The molecule has 0 atom stereocenters. The number of nitrogens with zero attached hydrogens (tertiary/aromatic N) is 1. The summed E-state index contributed by atoms with van der Waals surface area (Å²) in [6.45, 7) is 4.73.